The molecule has 1 unspecified atom stereocenters. The van der Waals surface area contributed by atoms with E-state index >= 15 is 0 Å². The third-order valence-electron chi connectivity index (χ3n) is 4.08. The molecule has 0 bridgehead atoms. The van der Waals surface area contributed by atoms with Crippen molar-refractivity contribution in [2.75, 3.05) is 32.7 Å². The Hall–Kier alpha value is -1.03. The highest BCUT2D eigenvalue weighted by Gasteiger charge is 2.22. The van der Waals surface area contributed by atoms with Crippen LogP contribution < -0.4 is 15.4 Å². The van der Waals surface area contributed by atoms with Crippen LogP contribution in [0.1, 0.15) is 32.8 Å². The molecular formula is C18H32IN3O3S. The van der Waals surface area contributed by atoms with E-state index in [4.69, 9.17) is 4.74 Å². The summed E-state index contributed by atoms with van der Waals surface area (Å²) in [6.07, 6.45) is 1.79. The quantitative estimate of drug-likeness (QED) is 0.328. The van der Waals surface area contributed by atoms with Gasteiger partial charge in [0.15, 0.2) is 5.96 Å². The maximum absolute atomic E-state index is 11.3. The molecule has 8 heteroatoms. The van der Waals surface area contributed by atoms with Crippen LogP contribution in [0.2, 0.25) is 0 Å². The van der Waals surface area contributed by atoms with Gasteiger partial charge in [0.05, 0.1) is 12.9 Å². The number of benzene rings is 1. The van der Waals surface area contributed by atoms with Gasteiger partial charge < -0.3 is 15.4 Å². The lowest BCUT2D eigenvalue weighted by Gasteiger charge is -2.28. The summed E-state index contributed by atoms with van der Waals surface area (Å²) < 4.78 is 27.8. The monoisotopic (exact) mass is 497 g/mol. The fourth-order valence-corrected chi connectivity index (χ4v) is 3.12. The van der Waals surface area contributed by atoms with Crippen molar-refractivity contribution in [3.63, 3.8) is 0 Å². The largest absolute Gasteiger partial charge is 0.497 e. The summed E-state index contributed by atoms with van der Waals surface area (Å²) in [5, 5.41) is 6.56. The predicted molar refractivity (Wildman–Crippen MR) is 120 cm³/mol. The number of sulfone groups is 1. The van der Waals surface area contributed by atoms with E-state index in [-0.39, 0.29) is 41.2 Å². The van der Waals surface area contributed by atoms with Crippen molar-refractivity contribution < 1.29 is 13.2 Å². The molecule has 0 spiro atoms. The minimum Gasteiger partial charge on any atom is -0.497 e. The molecule has 6 nitrogen and oxygen atoms in total. The van der Waals surface area contributed by atoms with Gasteiger partial charge >= 0.3 is 0 Å². The van der Waals surface area contributed by atoms with Crippen LogP contribution in [0.5, 0.6) is 5.75 Å². The summed E-state index contributed by atoms with van der Waals surface area (Å²) in [5.41, 5.74) is 1.04. The van der Waals surface area contributed by atoms with Gasteiger partial charge in [-0.15, -0.1) is 24.0 Å². The van der Waals surface area contributed by atoms with Gasteiger partial charge in [-0.25, -0.2) is 8.42 Å². The van der Waals surface area contributed by atoms with E-state index in [1.54, 1.807) is 14.2 Å². The number of guanidine groups is 1. The van der Waals surface area contributed by atoms with Gasteiger partial charge in [0.1, 0.15) is 15.6 Å². The van der Waals surface area contributed by atoms with E-state index in [0.29, 0.717) is 18.9 Å². The maximum atomic E-state index is 11.3. The molecular weight excluding hydrogens is 465 g/mol. The van der Waals surface area contributed by atoms with Crippen molar-refractivity contribution in [2.24, 2.45) is 4.99 Å². The second-order valence-electron chi connectivity index (χ2n) is 7.01. The van der Waals surface area contributed by atoms with E-state index in [1.165, 1.54) is 11.8 Å². The zero-order valence-corrected chi connectivity index (χ0v) is 19.6. The third kappa shape index (κ3) is 9.07. The first-order valence-corrected chi connectivity index (χ1v) is 10.4. The lowest BCUT2D eigenvalue weighted by Crippen LogP contribution is -2.46. The molecule has 1 atom stereocenters. The Balaban J connectivity index is 0.00000625. The normalized spacial score (nSPS) is 13.5. The van der Waals surface area contributed by atoms with Crippen molar-refractivity contribution >= 4 is 39.8 Å². The highest BCUT2D eigenvalue weighted by atomic mass is 127. The molecule has 1 rings (SSSR count). The molecule has 2 N–H and O–H groups in total. The van der Waals surface area contributed by atoms with Crippen LogP contribution in [0.3, 0.4) is 0 Å². The molecule has 0 saturated heterocycles. The third-order valence-corrected chi connectivity index (χ3v) is 5.05. The topological polar surface area (TPSA) is 79.8 Å². The first kappa shape index (κ1) is 25.0. The van der Waals surface area contributed by atoms with Gasteiger partial charge in [-0.05, 0) is 31.0 Å². The number of hydrogen-bond acceptors (Lipinski definition) is 4. The van der Waals surface area contributed by atoms with Crippen LogP contribution in [-0.4, -0.2) is 53.1 Å². The Morgan fingerprint density at radius 2 is 2.00 bits per heavy atom. The summed E-state index contributed by atoms with van der Waals surface area (Å²) in [5.74, 6) is 1.66. The number of aliphatic imine (C=N–C) groups is 1. The summed E-state index contributed by atoms with van der Waals surface area (Å²) >= 11 is 0. The van der Waals surface area contributed by atoms with E-state index in [1.807, 2.05) is 25.1 Å². The van der Waals surface area contributed by atoms with Crippen LogP contribution in [-0.2, 0) is 15.3 Å². The minimum atomic E-state index is -2.95. The average Bonchev–Trinajstić information content (AvgIpc) is 2.56. The van der Waals surface area contributed by atoms with Crippen LogP contribution in [0.15, 0.2) is 29.3 Å². The van der Waals surface area contributed by atoms with Crippen LogP contribution >= 0.6 is 24.0 Å². The highest BCUT2D eigenvalue weighted by molar-refractivity contribution is 14.0. The molecule has 0 aliphatic heterocycles. The first-order valence-electron chi connectivity index (χ1n) is 8.37. The molecule has 0 saturated carbocycles. The number of hydrogen-bond donors (Lipinski definition) is 2. The standard InChI is InChI=1S/C18H31N3O3S.HI/c1-14(10-11-25(6,22)23)21-17(19-4)20-13-18(2,3)15-8-7-9-16(12-15)24-5;/h7-9,12,14H,10-11,13H2,1-6H3,(H2,19,20,21);1H. The summed E-state index contributed by atoms with van der Waals surface area (Å²) in [4.78, 5) is 4.22. The van der Waals surface area contributed by atoms with Gasteiger partial charge in [-0.1, -0.05) is 26.0 Å². The lowest BCUT2D eigenvalue weighted by atomic mass is 9.84. The zero-order chi connectivity index (χ0) is 19.1. The first-order chi connectivity index (χ1) is 11.6. The molecule has 0 aromatic heterocycles. The number of nitrogens with one attached hydrogen (secondary N) is 2. The lowest BCUT2D eigenvalue weighted by molar-refractivity contribution is 0.411. The molecule has 0 heterocycles. The average molecular weight is 497 g/mol. The van der Waals surface area contributed by atoms with Gasteiger partial charge in [0, 0.05) is 31.3 Å². The highest BCUT2D eigenvalue weighted by Crippen LogP contribution is 2.25. The van der Waals surface area contributed by atoms with Gasteiger partial charge in [0.25, 0.3) is 0 Å². The molecule has 1 aromatic carbocycles. The van der Waals surface area contributed by atoms with Crippen LogP contribution in [0.4, 0.5) is 0 Å². The summed E-state index contributed by atoms with van der Waals surface area (Å²) in [7, 11) is 0.414. The Bertz CT molecular complexity index is 691. The molecule has 0 amide bonds. The summed E-state index contributed by atoms with van der Waals surface area (Å²) in [6, 6.07) is 8.04. The van der Waals surface area contributed by atoms with Crippen molar-refractivity contribution in [1.29, 1.82) is 0 Å². The second kappa shape index (κ2) is 11.0. The molecule has 0 aliphatic carbocycles. The second-order valence-corrected chi connectivity index (χ2v) is 9.27. The molecule has 1 aromatic rings. The minimum absolute atomic E-state index is 0. The van der Waals surface area contributed by atoms with Crippen LogP contribution in [0, 0.1) is 0 Å². The molecule has 150 valence electrons. The molecule has 0 radical (unpaired) electrons. The van der Waals surface area contributed by atoms with Crippen molar-refractivity contribution in [1.82, 2.24) is 10.6 Å². The fourth-order valence-electron chi connectivity index (χ4n) is 2.34. The van der Waals surface area contributed by atoms with E-state index in [0.717, 1.165) is 5.75 Å². The van der Waals surface area contributed by atoms with Gasteiger partial charge in [0.2, 0.25) is 0 Å². The number of halogens is 1. The predicted octanol–water partition coefficient (Wildman–Crippen LogP) is 2.58. The van der Waals surface area contributed by atoms with Crippen molar-refractivity contribution in [3.8, 4) is 5.75 Å². The maximum Gasteiger partial charge on any atom is 0.191 e. The number of rotatable bonds is 8. The number of methoxy groups -OCH3 is 1. The van der Waals surface area contributed by atoms with E-state index in [2.05, 4.69) is 35.5 Å². The van der Waals surface area contributed by atoms with Gasteiger partial charge in [-0.2, -0.15) is 0 Å². The Labute approximate surface area is 175 Å². The SMILES string of the molecule is CN=C(NCC(C)(C)c1cccc(OC)c1)NC(C)CCS(C)(=O)=O.I. The molecule has 0 aliphatic rings. The Kier molecular flexibility index (Phi) is 10.5. The summed E-state index contributed by atoms with van der Waals surface area (Å²) in [6.45, 7) is 6.92. The van der Waals surface area contributed by atoms with Crippen molar-refractivity contribution in [3.05, 3.63) is 29.8 Å². The number of ether oxygens (including phenoxy) is 1. The van der Waals surface area contributed by atoms with E-state index in [9.17, 15) is 8.42 Å². The number of nitrogens with zero attached hydrogens (tertiary/aromatic N) is 1. The van der Waals surface area contributed by atoms with Crippen LogP contribution in [0.25, 0.3) is 0 Å². The van der Waals surface area contributed by atoms with E-state index < -0.39 is 9.84 Å². The molecule has 0 fully saturated rings. The fraction of sp³-hybridized carbons (Fsp3) is 0.611. The van der Waals surface area contributed by atoms with Gasteiger partial charge in [-0.3, -0.25) is 4.99 Å². The Morgan fingerprint density at radius 3 is 2.54 bits per heavy atom. The Morgan fingerprint density at radius 1 is 1.35 bits per heavy atom. The smallest absolute Gasteiger partial charge is 0.191 e. The zero-order valence-electron chi connectivity index (χ0n) is 16.5. The molecule has 26 heavy (non-hydrogen) atoms. The van der Waals surface area contributed by atoms with Crippen molar-refractivity contribution in [2.45, 2.75) is 38.6 Å².